The molecule has 4 heteroatoms. The normalized spacial score (nSPS) is 18.6. The Kier molecular flexibility index (Phi) is 1.73. The van der Waals surface area contributed by atoms with Crippen molar-refractivity contribution in [1.82, 2.24) is 4.90 Å². The first-order valence-corrected chi connectivity index (χ1v) is 3.18. The molecule has 46 valence electrons. The van der Waals surface area contributed by atoms with Crippen LogP contribution < -0.4 is 0 Å². The highest BCUT2D eigenvalue weighted by Gasteiger charge is 2.13. The Morgan fingerprint density at radius 1 is 1.62 bits per heavy atom. The maximum absolute atomic E-state index is 11.6. The zero-order valence-electron chi connectivity index (χ0n) is 4.05. The number of rotatable bonds is 1. The molecule has 0 saturated carbocycles. The van der Waals surface area contributed by atoms with Crippen LogP contribution in [0.25, 0.3) is 0 Å². The Morgan fingerprint density at radius 2 is 2.38 bits per heavy atom. The number of nitrogens with zero attached hydrogens (tertiary/aromatic N) is 1. The van der Waals surface area contributed by atoms with Crippen LogP contribution in [-0.2, 0) is 0 Å². The Labute approximate surface area is 50.4 Å². The predicted octanol–water partition coefficient (Wildman–Crippen LogP) is 1.69. The highest BCUT2D eigenvalue weighted by atomic mass is 32.2. The van der Waals surface area contributed by atoms with E-state index in [2.05, 4.69) is 0 Å². The minimum atomic E-state index is -2.33. The summed E-state index contributed by atoms with van der Waals surface area (Å²) in [6.45, 7) is -2.33. The quantitative estimate of drug-likeness (QED) is 0.506. The lowest BCUT2D eigenvalue weighted by Gasteiger charge is -2.11. The zero-order chi connectivity index (χ0) is 5.98. The number of thioether (sulfide) groups is 1. The van der Waals surface area contributed by atoms with Crippen LogP contribution in [0.4, 0.5) is 8.78 Å². The molecule has 1 heterocycles. The van der Waals surface area contributed by atoms with Crippen molar-refractivity contribution in [2.45, 2.75) is 6.55 Å². The molecule has 0 radical (unpaired) electrons. The van der Waals surface area contributed by atoms with Crippen LogP contribution in [0.3, 0.4) is 0 Å². The Bertz CT molecular complexity index is 104. The topological polar surface area (TPSA) is 3.24 Å². The number of hydrogen-bond acceptors (Lipinski definition) is 2. The Balaban J connectivity index is 2.36. The summed E-state index contributed by atoms with van der Waals surface area (Å²) in [7, 11) is 0. The molecule has 0 atom stereocenters. The third-order valence-electron chi connectivity index (χ3n) is 0.823. The molecule has 0 aliphatic carbocycles. The van der Waals surface area contributed by atoms with Crippen LogP contribution in [0.1, 0.15) is 0 Å². The molecule has 0 saturated heterocycles. The standard InChI is InChI=1S/C4H5F2NS/c5-4(6)7-1-2-8-3-7/h1-2,4H,3H2. The van der Waals surface area contributed by atoms with Gasteiger partial charge in [0.05, 0.1) is 5.88 Å². The minimum Gasteiger partial charge on any atom is -0.312 e. The minimum absolute atomic E-state index is 0.387. The molecule has 1 nitrogen and oxygen atoms in total. The van der Waals surface area contributed by atoms with Gasteiger partial charge >= 0.3 is 6.55 Å². The SMILES string of the molecule is FC(F)N1C=CSC1. The summed E-state index contributed by atoms with van der Waals surface area (Å²) in [5.74, 6) is 0.387. The van der Waals surface area contributed by atoms with E-state index in [0.29, 0.717) is 5.88 Å². The van der Waals surface area contributed by atoms with Crippen molar-refractivity contribution in [2.24, 2.45) is 0 Å². The fourth-order valence-electron chi connectivity index (χ4n) is 0.415. The fourth-order valence-corrected chi connectivity index (χ4v) is 1.11. The first-order valence-electron chi connectivity index (χ1n) is 2.13. The van der Waals surface area contributed by atoms with Crippen molar-refractivity contribution >= 4 is 11.8 Å². The second-order valence-electron chi connectivity index (χ2n) is 1.37. The van der Waals surface area contributed by atoms with E-state index in [1.54, 1.807) is 5.41 Å². The van der Waals surface area contributed by atoms with Gasteiger partial charge in [-0.15, -0.1) is 11.8 Å². The van der Waals surface area contributed by atoms with E-state index in [4.69, 9.17) is 0 Å². The van der Waals surface area contributed by atoms with E-state index < -0.39 is 6.55 Å². The van der Waals surface area contributed by atoms with Gasteiger partial charge in [-0.2, -0.15) is 8.78 Å². The largest absolute Gasteiger partial charge is 0.315 e. The summed E-state index contributed by atoms with van der Waals surface area (Å²) in [4.78, 5) is 0.977. The molecule has 1 aliphatic rings. The van der Waals surface area contributed by atoms with Gasteiger partial charge in [-0.25, -0.2) is 0 Å². The van der Waals surface area contributed by atoms with Gasteiger partial charge in [-0.1, -0.05) is 0 Å². The predicted molar refractivity (Wildman–Crippen MR) is 29.4 cm³/mol. The van der Waals surface area contributed by atoms with E-state index in [-0.39, 0.29) is 0 Å². The first kappa shape index (κ1) is 5.88. The van der Waals surface area contributed by atoms with Crippen molar-refractivity contribution < 1.29 is 8.78 Å². The summed E-state index contributed by atoms with van der Waals surface area (Å²) < 4.78 is 23.2. The van der Waals surface area contributed by atoms with E-state index >= 15 is 0 Å². The van der Waals surface area contributed by atoms with E-state index in [9.17, 15) is 8.78 Å². The van der Waals surface area contributed by atoms with E-state index in [1.165, 1.54) is 18.0 Å². The summed E-state index contributed by atoms with van der Waals surface area (Å²) in [6.07, 6.45) is 1.40. The third-order valence-corrected chi connectivity index (χ3v) is 1.58. The second kappa shape index (κ2) is 2.35. The average Bonchev–Trinajstić information content (AvgIpc) is 2.12. The molecule has 0 aromatic rings. The molecule has 1 rings (SSSR count). The molecule has 0 amide bonds. The lowest BCUT2D eigenvalue weighted by Crippen LogP contribution is -2.19. The third kappa shape index (κ3) is 1.12. The van der Waals surface area contributed by atoms with Crippen molar-refractivity contribution in [3.8, 4) is 0 Å². The first-order chi connectivity index (χ1) is 3.80. The second-order valence-corrected chi connectivity index (χ2v) is 2.24. The van der Waals surface area contributed by atoms with Crippen molar-refractivity contribution in [3.63, 3.8) is 0 Å². The maximum atomic E-state index is 11.6. The van der Waals surface area contributed by atoms with Crippen LogP contribution >= 0.6 is 11.8 Å². The molecule has 0 bridgehead atoms. The summed E-state index contributed by atoms with van der Waals surface area (Å²) in [6, 6.07) is 0. The molecule has 0 aromatic carbocycles. The highest BCUT2D eigenvalue weighted by Crippen LogP contribution is 2.18. The van der Waals surface area contributed by atoms with Gasteiger partial charge in [0.1, 0.15) is 0 Å². The van der Waals surface area contributed by atoms with Gasteiger partial charge in [0.2, 0.25) is 0 Å². The number of halogens is 2. The molecule has 1 aliphatic heterocycles. The molecule has 0 unspecified atom stereocenters. The molecular formula is C4H5F2NS. The van der Waals surface area contributed by atoms with Crippen LogP contribution in [0.2, 0.25) is 0 Å². The van der Waals surface area contributed by atoms with Gasteiger partial charge in [0.25, 0.3) is 0 Å². The van der Waals surface area contributed by atoms with Gasteiger partial charge in [0.15, 0.2) is 0 Å². The highest BCUT2D eigenvalue weighted by molar-refractivity contribution is 8.02. The average molecular weight is 137 g/mol. The van der Waals surface area contributed by atoms with E-state index in [1.807, 2.05) is 0 Å². The van der Waals surface area contributed by atoms with Gasteiger partial charge < -0.3 is 4.90 Å². The molecule has 8 heavy (non-hydrogen) atoms. The summed E-state index contributed by atoms with van der Waals surface area (Å²) >= 11 is 1.38. The van der Waals surface area contributed by atoms with Gasteiger partial charge in [0, 0.05) is 6.20 Å². The van der Waals surface area contributed by atoms with Crippen molar-refractivity contribution in [1.29, 1.82) is 0 Å². The van der Waals surface area contributed by atoms with Gasteiger partial charge in [-0.3, -0.25) is 0 Å². The molecule has 0 aromatic heterocycles. The van der Waals surface area contributed by atoms with Crippen molar-refractivity contribution in [2.75, 3.05) is 5.88 Å². The number of hydrogen-bond donors (Lipinski definition) is 0. The summed E-state index contributed by atoms with van der Waals surface area (Å²) in [5, 5.41) is 1.66. The van der Waals surface area contributed by atoms with E-state index in [0.717, 1.165) is 4.90 Å². The Hall–Kier alpha value is -0.250. The smallest absolute Gasteiger partial charge is 0.312 e. The van der Waals surface area contributed by atoms with Crippen LogP contribution in [0.5, 0.6) is 0 Å². The van der Waals surface area contributed by atoms with Gasteiger partial charge in [-0.05, 0) is 5.41 Å². The molecular weight excluding hydrogens is 132 g/mol. The monoisotopic (exact) mass is 137 g/mol. The number of alkyl halides is 2. The maximum Gasteiger partial charge on any atom is 0.315 e. The van der Waals surface area contributed by atoms with Crippen molar-refractivity contribution in [3.05, 3.63) is 11.6 Å². The lowest BCUT2D eigenvalue weighted by molar-refractivity contribution is 0.0202. The zero-order valence-corrected chi connectivity index (χ0v) is 4.87. The van der Waals surface area contributed by atoms with Crippen LogP contribution in [0.15, 0.2) is 11.6 Å². The van der Waals surface area contributed by atoms with Crippen LogP contribution in [0, 0.1) is 0 Å². The van der Waals surface area contributed by atoms with Crippen LogP contribution in [-0.4, -0.2) is 17.3 Å². The Morgan fingerprint density at radius 3 is 2.62 bits per heavy atom. The molecule has 0 N–H and O–H groups in total. The molecule has 0 fully saturated rings. The summed E-state index contributed by atoms with van der Waals surface area (Å²) in [5.41, 5.74) is 0. The fraction of sp³-hybridized carbons (Fsp3) is 0.500. The lowest BCUT2D eigenvalue weighted by atomic mass is 10.8. The molecule has 0 spiro atoms.